The Morgan fingerprint density at radius 2 is 1.96 bits per heavy atom. The Balaban J connectivity index is 2.38. The van der Waals surface area contributed by atoms with E-state index in [0.717, 1.165) is 11.6 Å². The van der Waals surface area contributed by atoms with E-state index in [-0.39, 0.29) is 12.6 Å². The minimum Gasteiger partial charge on any atom is -0.361 e. The molecule has 0 aromatic carbocycles. The van der Waals surface area contributed by atoms with E-state index in [1.165, 1.54) is 0 Å². The zero-order chi connectivity index (χ0) is 19.5. The average molecular weight is 458 g/mol. The van der Waals surface area contributed by atoms with E-state index >= 15 is 0 Å². The summed E-state index contributed by atoms with van der Waals surface area (Å²) in [4.78, 5) is 19.4. The first kappa shape index (κ1) is 21.3. The summed E-state index contributed by atoms with van der Waals surface area (Å²) in [5.41, 5.74) is -0.0957. The van der Waals surface area contributed by atoms with Gasteiger partial charge in [-0.05, 0) is 34.8 Å². The molecule has 2 heterocycles. The Morgan fingerprint density at radius 1 is 1.35 bits per heavy atom. The van der Waals surface area contributed by atoms with Gasteiger partial charge in [-0.1, -0.05) is 43.4 Å². The van der Waals surface area contributed by atoms with Crippen molar-refractivity contribution in [2.24, 2.45) is 0 Å². The molecule has 7 heteroatoms. The summed E-state index contributed by atoms with van der Waals surface area (Å²) in [7, 11) is -1.19. The number of anilines is 1. The number of pyridine rings is 1. The Morgan fingerprint density at radius 3 is 2.50 bits per heavy atom. The lowest BCUT2D eigenvalue weighted by molar-refractivity contribution is -0.124. The number of aromatic nitrogens is 1. The van der Waals surface area contributed by atoms with Crippen molar-refractivity contribution in [1.82, 2.24) is 4.98 Å². The third-order valence-corrected chi connectivity index (χ3v) is 7.47. The van der Waals surface area contributed by atoms with E-state index in [9.17, 15) is 4.79 Å². The van der Waals surface area contributed by atoms with Crippen LogP contribution in [0.1, 0.15) is 18.4 Å². The Kier molecular flexibility index (Phi) is 6.88. The van der Waals surface area contributed by atoms with Crippen LogP contribution < -0.4 is 4.90 Å². The minimum absolute atomic E-state index is 0.0622. The van der Waals surface area contributed by atoms with E-state index in [0.29, 0.717) is 34.8 Å². The number of allylic oxidation sites excluding steroid dienone is 2. The van der Waals surface area contributed by atoms with E-state index in [1.54, 1.807) is 23.2 Å². The van der Waals surface area contributed by atoms with Crippen LogP contribution >= 0.6 is 27.5 Å². The van der Waals surface area contributed by atoms with Gasteiger partial charge in [0.2, 0.25) is 5.91 Å². The first-order valence-corrected chi connectivity index (χ1v) is 13.5. The predicted molar refractivity (Wildman–Crippen MR) is 115 cm³/mol. The lowest BCUT2D eigenvalue weighted by atomic mass is 9.76. The number of nitrogens with zero attached hydrogens (tertiary/aromatic N) is 2. The van der Waals surface area contributed by atoms with Gasteiger partial charge in [0.05, 0.1) is 14.9 Å². The van der Waals surface area contributed by atoms with Gasteiger partial charge in [-0.15, -0.1) is 13.2 Å². The molecule has 1 aliphatic rings. The molecule has 142 valence electrons. The molecule has 0 unspecified atom stereocenters. The molecule has 0 N–H and O–H groups in total. The van der Waals surface area contributed by atoms with Gasteiger partial charge in [-0.25, -0.2) is 4.98 Å². The van der Waals surface area contributed by atoms with E-state index < -0.39 is 13.5 Å². The maximum atomic E-state index is 13.4. The topological polar surface area (TPSA) is 42.4 Å². The van der Waals surface area contributed by atoms with Gasteiger partial charge < -0.3 is 4.74 Å². The van der Waals surface area contributed by atoms with Gasteiger partial charge in [-0.3, -0.25) is 9.69 Å². The molecule has 0 atom stereocenters. The van der Waals surface area contributed by atoms with Crippen LogP contribution in [0.3, 0.4) is 0 Å². The van der Waals surface area contributed by atoms with Crippen molar-refractivity contribution >= 4 is 47.3 Å². The van der Waals surface area contributed by atoms with E-state index in [1.807, 2.05) is 0 Å². The van der Waals surface area contributed by atoms with Crippen molar-refractivity contribution in [3.63, 3.8) is 0 Å². The fourth-order valence-corrected chi connectivity index (χ4v) is 4.53. The summed E-state index contributed by atoms with van der Waals surface area (Å²) < 4.78 is 6.50. The molecule has 0 spiro atoms. The molecule has 0 aliphatic carbocycles. The normalized spacial score (nSPS) is 15.9. The number of carbonyl (C=O) groups is 1. The molecule has 0 radical (unpaired) electrons. The Bertz CT molecular complexity index is 708. The van der Waals surface area contributed by atoms with Crippen molar-refractivity contribution in [2.45, 2.75) is 43.9 Å². The number of amides is 1. The van der Waals surface area contributed by atoms with Crippen LogP contribution in [-0.4, -0.2) is 32.3 Å². The van der Waals surface area contributed by atoms with E-state index in [2.05, 4.69) is 53.7 Å². The Hall–Kier alpha value is -0.953. The fraction of sp³-hybridized carbons (Fsp3) is 0.474. The van der Waals surface area contributed by atoms with Crippen LogP contribution in [0.25, 0.3) is 0 Å². The highest BCUT2D eigenvalue weighted by Gasteiger charge is 2.52. The summed E-state index contributed by atoms with van der Waals surface area (Å²) >= 11 is 10.0. The van der Waals surface area contributed by atoms with Crippen molar-refractivity contribution in [2.75, 3.05) is 18.2 Å². The number of hydrogen-bond acceptors (Lipinski definition) is 3. The zero-order valence-corrected chi connectivity index (χ0v) is 19.0. The summed E-state index contributed by atoms with van der Waals surface area (Å²) in [6.07, 6.45) is 6.06. The molecule has 0 saturated carbocycles. The van der Waals surface area contributed by atoms with Crippen molar-refractivity contribution in [3.05, 3.63) is 46.6 Å². The second kappa shape index (κ2) is 8.38. The fourth-order valence-electron chi connectivity index (χ4n) is 3.16. The van der Waals surface area contributed by atoms with E-state index in [4.69, 9.17) is 16.3 Å². The van der Waals surface area contributed by atoms with Crippen molar-refractivity contribution < 1.29 is 9.53 Å². The molecule has 4 nitrogen and oxygen atoms in total. The van der Waals surface area contributed by atoms with Crippen LogP contribution in [0.4, 0.5) is 5.82 Å². The monoisotopic (exact) mass is 456 g/mol. The molecular weight excluding hydrogens is 432 g/mol. The second-order valence-corrected chi connectivity index (χ2v) is 14.6. The molecule has 1 aromatic rings. The summed E-state index contributed by atoms with van der Waals surface area (Å²) in [6, 6.07) is 1.04. The van der Waals surface area contributed by atoms with Crippen molar-refractivity contribution in [1.29, 1.82) is 0 Å². The molecule has 1 aliphatic heterocycles. The summed E-state index contributed by atoms with van der Waals surface area (Å²) in [5, 5.41) is 0.511. The van der Waals surface area contributed by atoms with Crippen LogP contribution in [0.15, 0.2) is 36.0 Å². The van der Waals surface area contributed by atoms with Crippen molar-refractivity contribution in [3.8, 4) is 0 Å². The lowest BCUT2D eigenvalue weighted by Crippen LogP contribution is -2.41. The van der Waals surface area contributed by atoms with Crippen LogP contribution in [0.2, 0.25) is 30.7 Å². The molecule has 0 fully saturated rings. The largest absolute Gasteiger partial charge is 0.361 e. The highest BCUT2D eigenvalue weighted by Crippen LogP contribution is 2.50. The van der Waals surface area contributed by atoms with Gasteiger partial charge in [-0.2, -0.15) is 0 Å². The first-order chi connectivity index (χ1) is 12.2. The first-order valence-electron chi connectivity index (χ1n) is 8.64. The van der Waals surface area contributed by atoms with Gasteiger partial charge in [0.1, 0.15) is 12.5 Å². The average Bonchev–Trinajstić information content (AvgIpc) is 2.77. The predicted octanol–water partition coefficient (Wildman–Crippen LogP) is 5.55. The van der Waals surface area contributed by atoms with Crippen LogP contribution in [-0.2, 0) is 14.9 Å². The van der Waals surface area contributed by atoms with Gasteiger partial charge in [0.15, 0.2) is 0 Å². The highest BCUT2D eigenvalue weighted by atomic mass is 79.9. The molecular formula is C19H26BrClN2O2Si. The number of ether oxygens (including phenoxy) is 1. The Labute approximate surface area is 170 Å². The summed E-state index contributed by atoms with van der Waals surface area (Å²) in [5.74, 6) is 0.507. The SMILES string of the molecule is C=CCC1(CC=C)C(=O)N(COCC[Si](C)(C)C)c2ncc(Br)c(Cl)c21. The second-order valence-electron chi connectivity index (χ2n) is 7.77. The number of rotatable bonds is 9. The standard InChI is InChI=1S/C19H26BrClN2O2Si/c1-6-8-19(9-7-2)15-16(21)14(20)12-22-17(15)23(18(19)24)13-25-10-11-26(3,4)5/h6-7,12H,1-2,8-11,13H2,3-5H3. The highest BCUT2D eigenvalue weighted by molar-refractivity contribution is 9.10. The number of hydrogen-bond donors (Lipinski definition) is 0. The zero-order valence-electron chi connectivity index (χ0n) is 15.6. The van der Waals surface area contributed by atoms with Gasteiger partial charge in [0.25, 0.3) is 0 Å². The minimum atomic E-state index is -1.19. The lowest BCUT2D eigenvalue weighted by Gasteiger charge is -2.27. The smallest absolute Gasteiger partial charge is 0.241 e. The summed E-state index contributed by atoms with van der Waals surface area (Å²) in [6.45, 7) is 15.4. The maximum absolute atomic E-state index is 13.4. The van der Waals surface area contributed by atoms with Crippen LogP contribution in [0.5, 0.6) is 0 Å². The molecule has 1 amide bonds. The molecule has 0 bridgehead atoms. The van der Waals surface area contributed by atoms with Gasteiger partial charge in [0, 0.05) is 26.4 Å². The molecule has 1 aromatic heterocycles. The number of fused-ring (bicyclic) bond motifs is 1. The number of halogens is 2. The molecule has 0 saturated heterocycles. The molecule has 26 heavy (non-hydrogen) atoms. The molecule has 2 rings (SSSR count). The van der Waals surface area contributed by atoms with Crippen LogP contribution in [0, 0.1) is 0 Å². The maximum Gasteiger partial charge on any atom is 0.241 e. The number of carbonyl (C=O) groups excluding carboxylic acids is 1. The third kappa shape index (κ3) is 4.14. The third-order valence-electron chi connectivity index (χ3n) is 4.54. The quantitative estimate of drug-likeness (QED) is 0.277. The van der Waals surface area contributed by atoms with Gasteiger partial charge >= 0.3 is 0 Å².